The molecule has 0 saturated heterocycles. The van der Waals surface area contributed by atoms with Crippen molar-refractivity contribution in [3.63, 3.8) is 0 Å². The topological polar surface area (TPSA) is 56.5 Å². The molecule has 0 radical (unpaired) electrons. The lowest BCUT2D eigenvalue weighted by Gasteiger charge is -2.30. The maximum Gasteiger partial charge on any atom is 0.410 e. The predicted molar refractivity (Wildman–Crippen MR) is 144 cm³/mol. The van der Waals surface area contributed by atoms with E-state index >= 15 is 0 Å². The Bertz CT molecular complexity index is 1560. The Hall–Kier alpha value is -3.22. The fourth-order valence-electron chi connectivity index (χ4n) is 4.78. The highest BCUT2D eigenvalue weighted by Crippen LogP contribution is 2.33. The van der Waals surface area contributed by atoms with E-state index in [1.54, 1.807) is 33.9 Å². The van der Waals surface area contributed by atoms with Crippen molar-refractivity contribution in [1.29, 1.82) is 0 Å². The molecule has 6 nitrogen and oxygen atoms in total. The molecule has 2 aromatic heterocycles. The molecule has 8 heteroatoms. The number of pyridine rings is 1. The van der Waals surface area contributed by atoms with Crippen molar-refractivity contribution in [3.05, 3.63) is 86.4 Å². The van der Waals surface area contributed by atoms with Gasteiger partial charge in [0.2, 0.25) is 0 Å². The number of amides is 1. The first kappa shape index (κ1) is 24.5. The monoisotopic (exact) mass is 523 g/mol. The van der Waals surface area contributed by atoms with Crippen LogP contribution in [0.4, 0.5) is 4.79 Å². The standard InChI is InChI=1S/C28H27Cl2N3O3/c1-28(2,3)36-27(35)32-11-10-24-22(16-32)21-8-6-19(15-25(21)31(24)4)33-12-9-17(13-26(33)34)20-7-5-18(29)14-23(20)30/h5-9,12-15H,10-11,16H2,1-4H3. The molecule has 0 N–H and O–H groups in total. The second-order valence-electron chi connectivity index (χ2n) is 10.1. The summed E-state index contributed by atoms with van der Waals surface area (Å²) >= 11 is 12.3. The summed E-state index contributed by atoms with van der Waals surface area (Å²) in [4.78, 5) is 27.5. The summed E-state index contributed by atoms with van der Waals surface area (Å²) in [5, 5.41) is 2.11. The first-order chi connectivity index (χ1) is 17.0. The van der Waals surface area contributed by atoms with E-state index in [1.165, 1.54) is 5.69 Å². The van der Waals surface area contributed by atoms with Crippen molar-refractivity contribution < 1.29 is 9.53 Å². The van der Waals surface area contributed by atoms with Gasteiger partial charge in [-0.05, 0) is 56.7 Å². The second-order valence-corrected chi connectivity index (χ2v) is 10.9. The van der Waals surface area contributed by atoms with Crippen LogP contribution in [-0.4, -0.2) is 32.3 Å². The van der Waals surface area contributed by atoms with Crippen molar-refractivity contribution >= 4 is 40.2 Å². The number of carbonyl (C=O) groups excluding carboxylic acids is 1. The zero-order chi connectivity index (χ0) is 25.8. The number of carbonyl (C=O) groups is 1. The van der Waals surface area contributed by atoms with E-state index < -0.39 is 5.60 Å². The number of rotatable bonds is 2. The minimum atomic E-state index is -0.535. The van der Waals surface area contributed by atoms with Gasteiger partial charge in [-0.2, -0.15) is 0 Å². The predicted octanol–water partition coefficient (Wildman–Crippen LogP) is 6.60. The van der Waals surface area contributed by atoms with Crippen LogP contribution in [0.2, 0.25) is 10.0 Å². The van der Waals surface area contributed by atoms with Crippen LogP contribution in [0.3, 0.4) is 0 Å². The van der Waals surface area contributed by atoms with Crippen LogP contribution < -0.4 is 5.56 Å². The Kier molecular flexibility index (Phi) is 6.13. The van der Waals surface area contributed by atoms with Gasteiger partial charge in [0.05, 0.1) is 17.7 Å². The highest BCUT2D eigenvalue weighted by atomic mass is 35.5. The molecule has 36 heavy (non-hydrogen) atoms. The van der Waals surface area contributed by atoms with Gasteiger partial charge in [-0.3, -0.25) is 9.36 Å². The third-order valence-corrected chi connectivity index (χ3v) is 7.03. The van der Waals surface area contributed by atoms with E-state index in [0.29, 0.717) is 23.1 Å². The van der Waals surface area contributed by atoms with Crippen molar-refractivity contribution in [2.75, 3.05) is 6.54 Å². The van der Waals surface area contributed by atoms with Crippen LogP contribution in [0.5, 0.6) is 0 Å². The first-order valence-electron chi connectivity index (χ1n) is 11.8. The van der Waals surface area contributed by atoms with Gasteiger partial charge >= 0.3 is 6.09 Å². The van der Waals surface area contributed by atoms with Crippen molar-refractivity contribution in [3.8, 4) is 16.8 Å². The molecule has 0 unspecified atom stereocenters. The summed E-state index contributed by atoms with van der Waals surface area (Å²) in [6, 6.07) is 14.7. The molecule has 1 aliphatic rings. The first-order valence-corrected chi connectivity index (χ1v) is 12.5. The SMILES string of the molecule is Cn1c2c(c3ccc(-n4ccc(-c5ccc(Cl)cc5Cl)cc4=O)cc31)CN(C(=O)OC(C)(C)C)CC2. The normalized spacial score (nSPS) is 13.7. The van der Waals surface area contributed by atoms with E-state index in [1.807, 2.05) is 58.2 Å². The summed E-state index contributed by atoms with van der Waals surface area (Å²) in [6.45, 7) is 6.72. The maximum absolute atomic E-state index is 13.1. The second kappa shape index (κ2) is 9.02. The van der Waals surface area contributed by atoms with Crippen LogP contribution in [0.1, 0.15) is 32.0 Å². The van der Waals surface area contributed by atoms with Gasteiger partial charge in [0.15, 0.2) is 0 Å². The molecule has 186 valence electrons. The molecule has 1 amide bonds. The fourth-order valence-corrected chi connectivity index (χ4v) is 5.29. The molecular weight excluding hydrogens is 497 g/mol. The van der Waals surface area contributed by atoms with Crippen LogP contribution in [0.15, 0.2) is 59.5 Å². The van der Waals surface area contributed by atoms with Crippen LogP contribution >= 0.6 is 23.2 Å². The quantitative estimate of drug-likeness (QED) is 0.297. The molecule has 0 spiro atoms. The lowest BCUT2D eigenvalue weighted by molar-refractivity contribution is 0.0223. The van der Waals surface area contributed by atoms with Crippen molar-refractivity contribution in [2.24, 2.45) is 7.05 Å². The lowest BCUT2D eigenvalue weighted by atomic mass is 10.0. The maximum atomic E-state index is 13.1. The van der Waals surface area contributed by atoms with Gasteiger partial charge < -0.3 is 14.2 Å². The minimum Gasteiger partial charge on any atom is -0.444 e. The highest BCUT2D eigenvalue weighted by molar-refractivity contribution is 6.36. The number of hydrogen-bond acceptors (Lipinski definition) is 3. The zero-order valence-electron chi connectivity index (χ0n) is 20.6. The average Bonchev–Trinajstić information content (AvgIpc) is 3.09. The summed E-state index contributed by atoms with van der Waals surface area (Å²) in [6.07, 6.45) is 2.21. The lowest BCUT2D eigenvalue weighted by Crippen LogP contribution is -2.40. The highest BCUT2D eigenvalue weighted by Gasteiger charge is 2.29. The minimum absolute atomic E-state index is 0.159. The Morgan fingerprint density at radius 3 is 2.50 bits per heavy atom. The van der Waals surface area contributed by atoms with Crippen LogP contribution in [0.25, 0.3) is 27.7 Å². The molecule has 0 saturated carbocycles. The molecular formula is C28H27Cl2N3O3. The van der Waals surface area contributed by atoms with E-state index in [-0.39, 0.29) is 11.7 Å². The molecule has 0 aliphatic carbocycles. The third-order valence-electron chi connectivity index (χ3n) is 6.48. The van der Waals surface area contributed by atoms with Gasteiger partial charge in [0.1, 0.15) is 5.60 Å². The van der Waals surface area contributed by atoms with Gasteiger partial charge in [-0.25, -0.2) is 4.79 Å². The molecule has 0 atom stereocenters. The number of aryl methyl sites for hydroxylation is 1. The van der Waals surface area contributed by atoms with Crippen LogP contribution in [0, 0.1) is 0 Å². The smallest absolute Gasteiger partial charge is 0.410 e. The summed E-state index contributed by atoms with van der Waals surface area (Å²) in [7, 11) is 2.03. The zero-order valence-corrected chi connectivity index (χ0v) is 22.2. The van der Waals surface area contributed by atoms with Gasteiger partial charge in [-0.1, -0.05) is 35.3 Å². The Morgan fingerprint density at radius 2 is 1.81 bits per heavy atom. The fraction of sp³-hybridized carbons (Fsp3) is 0.286. The average molecular weight is 524 g/mol. The molecule has 2 aromatic carbocycles. The molecule has 3 heterocycles. The van der Waals surface area contributed by atoms with Gasteiger partial charge in [0.25, 0.3) is 5.56 Å². The molecule has 0 fully saturated rings. The molecule has 0 bridgehead atoms. The van der Waals surface area contributed by atoms with E-state index in [2.05, 4.69) is 4.57 Å². The largest absolute Gasteiger partial charge is 0.444 e. The van der Waals surface area contributed by atoms with Gasteiger partial charge in [-0.15, -0.1) is 0 Å². The molecule has 4 aromatic rings. The number of halogens is 2. The number of aromatic nitrogens is 2. The summed E-state index contributed by atoms with van der Waals surface area (Å²) < 4.78 is 9.36. The number of benzene rings is 2. The summed E-state index contributed by atoms with van der Waals surface area (Å²) in [5.74, 6) is 0. The Morgan fingerprint density at radius 1 is 1.03 bits per heavy atom. The van der Waals surface area contributed by atoms with Crippen molar-refractivity contribution in [1.82, 2.24) is 14.0 Å². The number of ether oxygens (including phenoxy) is 1. The van der Waals surface area contributed by atoms with Gasteiger partial charge in [0, 0.05) is 64.5 Å². The number of hydrogen-bond donors (Lipinski definition) is 0. The van der Waals surface area contributed by atoms with Crippen LogP contribution in [-0.2, 0) is 24.8 Å². The van der Waals surface area contributed by atoms with Crippen molar-refractivity contribution in [2.45, 2.75) is 39.3 Å². The third kappa shape index (κ3) is 4.51. The van der Waals surface area contributed by atoms with E-state index in [0.717, 1.165) is 39.7 Å². The Balaban J connectivity index is 1.49. The molecule has 5 rings (SSSR count). The Labute approximate surface area is 219 Å². The number of nitrogens with zero attached hydrogens (tertiary/aromatic N) is 3. The number of fused-ring (bicyclic) bond motifs is 3. The molecule has 1 aliphatic heterocycles. The van der Waals surface area contributed by atoms with E-state index in [9.17, 15) is 9.59 Å². The van der Waals surface area contributed by atoms with E-state index in [4.69, 9.17) is 27.9 Å². The summed E-state index contributed by atoms with van der Waals surface area (Å²) in [5.41, 5.74) is 4.89.